The predicted molar refractivity (Wildman–Crippen MR) is 166 cm³/mol. The Morgan fingerprint density at radius 3 is 2.60 bits per heavy atom. The number of halogens is 1. The molecule has 1 aliphatic heterocycles. The van der Waals surface area contributed by atoms with Crippen molar-refractivity contribution in [2.75, 3.05) is 27.3 Å². The largest absolute Gasteiger partial charge is 0.497 e. The number of nitrogens with two attached hydrogens (primary N) is 1. The van der Waals surface area contributed by atoms with Gasteiger partial charge in [-0.3, -0.25) is 4.79 Å². The van der Waals surface area contributed by atoms with Crippen molar-refractivity contribution in [3.8, 4) is 34.0 Å². The normalized spacial score (nSPS) is 18.9. The molecule has 3 aromatic heterocycles. The maximum Gasteiger partial charge on any atom is 0.255 e. The standard InChI is InChI=1S/C34H36FN5O3/c1-20-32(37-40-17-25(14-31(43-3)33(20)40)34(41)38-18-26(35)15-27(36)19-38)30-13-24-10-9-23(22-5-4-6-28(11-22)42-2)12-29(24)39(30)16-21-7-8-21/h4-6,9-14,17,21,26-27H,7-8,15-16,18-19,36H2,1-3H3/t26-,27-/m1/s1. The zero-order chi connectivity index (χ0) is 29.8. The van der Waals surface area contributed by atoms with Crippen LogP contribution in [0.1, 0.15) is 35.2 Å². The fourth-order valence-corrected chi connectivity index (χ4v) is 6.41. The van der Waals surface area contributed by atoms with Gasteiger partial charge in [0.05, 0.1) is 32.0 Å². The lowest BCUT2D eigenvalue weighted by Crippen LogP contribution is -2.50. The molecule has 9 heteroatoms. The summed E-state index contributed by atoms with van der Waals surface area (Å²) in [6.07, 6.45) is 3.30. The van der Waals surface area contributed by atoms with Gasteiger partial charge in [0.1, 0.15) is 28.9 Å². The Hall–Kier alpha value is -4.37. The Kier molecular flexibility index (Phi) is 6.85. The third-order valence-corrected chi connectivity index (χ3v) is 8.80. The molecule has 5 aromatic rings. The van der Waals surface area contributed by atoms with Crippen molar-refractivity contribution < 1.29 is 18.7 Å². The molecule has 222 valence electrons. The van der Waals surface area contributed by atoms with Gasteiger partial charge in [0.25, 0.3) is 5.91 Å². The first-order valence-electron chi connectivity index (χ1n) is 14.9. The number of methoxy groups -OCH3 is 2. The van der Waals surface area contributed by atoms with Crippen molar-refractivity contribution >= 4 is 22.3 Å². The number of alkyl halides is 1. The van der Waals surface area contributed by atoms with E-state index in [2.05, 4.69) is 41.0 Å². The molecule has 2 aromatic carbocycles. The zero-order valence-corrected chi connectivity index (χ0v) is 24.7. The SMILES string of the molecule is COc1cccc(-c2ccc3cc(-c4nn5cc(C(=O)N6C[C@H](N)C[C@@H](F)C6)cc(OC)c5c4C)n(CC4CC4)c3c2)c1. The Morgan fingerprint density at radius 1 is 1.05 bits per heavy atom. The number of ether oxygens (including phenoxy) is 2. The molecule has 2 atom stereocenters. The van der Waals surface area contributed by atoms with E-state index in [9.17, 15) is 9.18 Å². The smallest absolute Gasteiger partial charge is 0.255 e. The minimum Gasteiger partial charge on any atom is -0.497 e. The number of amides is 1. The number of likely N-dealkylation sites (tertiary alicyclic amines) is 1. The molecule has 1 saturated heterocycles. The second kappa shape index (κ2) is 10.7. The Morgan fingerprint density at radius 2 is 1.86 bits per heavy atom. The fourth-order valence-electron chi connectivity index (χ4n) is 6.41. The summed E-state index contributed by atoms with van der Waals surface area (Å²) in [6.45, 7) is 3.31. The van der Waals surface area contributed by atoms with Crippen LogP contribution in [0.3, 0.4) is 0 Å². The number of hydrogen-bond donors (Lipinski definition) is 1. The topological polar surface area (TPSA) is 87.0 Å². The number of hydrogen-bond acceptors (Lipinski definition) is 5. The van der Waals surface area contributed by atoms with Crippen LogP contribution >= 0.6 is 0 Å². The number of rotatable bonds is 7. The molecular formula is C34H36FN5O3. The number of carbonyl (C=O) groups excluding carboxylic acids is 1. The molecule has 0 spiro atoms. The van der Waals surface area contributed by atoms with Gasteiger partial charge in [-0.25, -0.2) is 8.91 Å². The van der Waals surface area contributed by atoms with E-state index in [1.807, 2.05) is 19.1 Å². The van der Waals surface area contributed by atoms with Crippen LogP contribution in [-0.4, -0.2) is 64.5 Å². The third kappa shape index (κ3) is 5.01. The maximum atomic E-state index is 14.3. The minimum atomic E-state index is -1.13. The van der Waals surface area contributed by atoms with E-state index >= 15 is 0 Å². The third-order valence-electron chi connectivity index (χ3n) is 8.80. The summed E-state index contributed by atoms with van der Waals surface area (Å²) in [7, 11) is 3.27. The number of aryl methyl sites for hydroxylation is 1. The molecule has 2 fully saturated rings. The molecule has 2 N–H and O–H groups in total. The first-order chi connectivity index (χ1) is 20.8. The van der Waals surface area contributed by atoms with Crippen LogP contribution < -0.4 is 15.2 Å². The summed E-state index contributed by atoms with van der Waals surface area (Å²) in [5.41, 5.74) is 13.4. The molecule has 0 bridgehead atoms. The van der Waals surface area contributed by atoms with Crippen LogP contribution in [0.5, 0.6) is 11.5 Å². The van der Waals surface area contributed by atoms with Gasteiger partial charge in [-0.2, -0.15) is 5.10 Å². The quantitative estimate of drug-likeness (QED) is 0.260. The zero-order valence-electron chi connectivity index (χ0n) is 24.7. The van der Waals surface area contributed by atoms with Gasteiger partial charge in [-0.15, -0.1) is 0 Å². The first kappa shape index (κ1) is 27.5. The van der Waals surface area contributed by atoms with E-state index in [0.717, 1.165) is 56.8 Å². The van der Waals surface area contributed by atoms with Crippen molar-refractivity contribution in [1.29, 1.82) is 0 Å². The highest BCUT2D eigenvalue weighted by atomic mass is 19.1. The predicted octanol–water partition coefficient (Wildman–Crippen LogP) is 5.87. The van der Waals surface area contributed by atoms with Gasteiger partial charge in [-0.05, 0) is 73.6 Å². The number of fused-ring (bicyclic) bond motifs is 2. The van der Waals surface area contributed by atoms with E-state index in [-0.39, 0.29) is 24.9 Å². The van der Waals surface area contributed by atoms with Gasteiger partial charge < -0.3 is 24.7 Å². The van der Waals surface area contributed by atoms with Crippen molar-refractivity contribution in [3.63, 3.8) is 0 Å². The lowest BCUT2D eigenvalue weighted by Gasteiger charge is -2.33. The second-order valence-electron chi connectivity index (χ2n) is 12.0. The van der Waals surface area contributed by atoms with Crippen molar-refractivity contribution in [1.82, 2.24) is 19.1 Å². The summed E-state index contributed by atoms with van der Waals surface area (Å²) in [4.78, 5) is 14.9. The summed E-state index contributed by atoms with van der Waals surface area (Å²) < 4.78 is 29.6. The maximum absolute atomic E-state index is 14.3. The van der Waals surface area contributed by atoms with Crippen LogP contribution in [0.4, 0.5) is 4.39 Å². The van der Waals surface area contributed by atoms with E-state index < -0.39 is 6.17 Å². The summed E-state index contributed by atoms with van der Waals surface area (Å²) >= 11 is 0. The number of carbonyl (C=O) groups is 1. The van der Waals surface area contributed by atoms with Crippen molar-refractivity contribution in [2.45, 2.75) is 44.9 Å². The molecule has 0 radical (unpaired) electrons. The minimum absolute atomic E-state index is 0.0370. The molecule has 8 nitrogen and oxygen atoms in total. The second-order valence-corrected chi connectivity index (χ2v) is 12.0. The average Bonchev–Trinajstić information content (AvgIpc) is 3.68. The number of benzene rings is 2. The lowest BCUT2D eigenvalue weighted by atomic mass is 10.0. The van der Waals surface area contributed by atoms with Crippen LogP contribution in [-0.2, 0) is 6.54 Å². The Labute approximate surface area is 249 Å². The lowest BCUT2D eigenvalue weighted by molar-refractivity contribution is 0.0606. The highest BCUT2D eigenvalue weighted by molar-refractivity contribution is 5.96. The Bertz CT molecular complexity index is 1850. The van der Waals surface area contributed by atoms with E-state index in [4.69, 9.17) is 20.3 Å². The highest BCUT2D eigenvalue weighted by Crippen LogP contribution is 2.39. The number of pyridine rings is 1. The van der Waals surface area contributed by atoms with Crippen molar-refractivity contribution in [2.24, 2.45) is 11.7 Å². The van der Waals surface area contributed by atoms with E-state index in [1.165, 1.54) is 17.7 Å². The van der Waals surface area contributed by atoms with E-state index in [0.29, 0.717) is 23.8 Å². The molecule has 2 aliphatic rings. The molecule has 4 heterocycles. The summed E-state index contributed by atoms with van der Waals surface area (Å²) in [5.74, 6) is 1.73. The molecular weight excluding hydrogens is 545 g/mol. The van der Waals surface area contributed by atoms with Crippen LogP contribution in [0.15, 0.2) is 60.8 Å². The van der Waals surface area contributed by atoms with Gasteiger partial charge in [0.15, 0.2) is 0 Å². The van der Waals surface area contributed by atoms with Gasteiger partial charge in [0, 0.05) is 41.8 Å². The summed E-state index contributed by atoms with van der Waals surface area (Å²) in [5, 5.41) is 6.17. The molecule has 1 saturated carbocycles. The molecule has 7 rings (SSSR count). The molecule has 1 amide bonds. The van der Waals surface area contributed by atoms with Crippen molar-refractivity contribution in [3.05, 3.63) is 71.9 Å². The van der Waals surface area contributed by atoms with Crippen LogP contribution in [0.2, 0.25) is 0 Å². The van der Waals surface area contributed by atoms with Gasteiger partial charge in [0.2, 0.25) is 0 Å². The van der Waals surface area contributed by atoms with Crippen LogP contribution in [0.25, 0.3) is 38.9 Å². The first-order valence-corrected chi connectivity index (χ1v) is 14.9. The monoisotopic (exact) mass is 581 g/mol. The molecule has 43 heavy (non-hydrogen) atoms. The van der Waals surface area contributed by atoms with Gasteiger partial charge >= 0.3 is 0 Å². The molecule has 0 unspecified atom stereocenters. The fraction of sp³-hybridized carbons (Fsp3) is 0.353. The summed E-state index contributed by atoms with van der Waals surface area (Å²) in [6, 6.07) is 18.2. The van der Waals surface area contributed by atoms with Gasteiger partial charge in [-0.1, -0.05) is 24.3 Å². The number of piperidine rings is 1. The molecule has 1 aliphatic carbocycles. The van der Waals surface area contributed by atoms with E-state index in [1.54, 1.807) is 31.0 Å². The average molecular weight is 582 g/mol. The Balaban J connectivity index is 1.34. The number of nitrogens with zero attached hydrogens (tertiary/aromatic N) is 4. The van der Waals surface area contributed by atoms with Crippen LogP contribution in [0, 0.1) is 12.8 Å². The number of aromatic nitrogens is 3. The highest BCUT2D eigenvalue weighted by Gasteiger charge is 2.30.